The number of nitrogens with zero attached hydrogens (tertiary/aromatic N) is 2. The summed E-state index contributed by atoms with van der Waals surface area (Å²) in [6.45, 7) is 1.02. The molecule has 1 saturated carbocycles. The molecule has 1 aliphatic carbocycles. The van der Waals surface area contributed by atoms with Crippen LogP contribution in [0.4, 0.5) is 0 Å². The van der Waals surface area contributed by atoms with Crippen molar-refractivity contribution < 1.29 is 0 Å². The lowest BCUT2D eigenvalue weighted by atomic mass is 9.85. The van der Waals surface area contributed by atoms with Crippen LogP contribution in [0.2, 0.25) is 5.02 Å². The first kappa shape index (κ1) is 7.17. The topological polar surface area (TPSA) is 17.8 Å². The van der Waals surface area contributed by atoms with Gasteiger partial charge in [-0.1, -0.05) is 18.0 Å². The largest absolute Gasteiger partial charge is 0.270 e. The van der Waals surface area contributed by atoms with Crippen molar-refractivity contribution in [3.05, 3.63) is 17.4 Å². The second-order valence-corrected chi connectivity index (χ2v) is 3.52. The lowest BCUT2D eigenvalue weighted by Crippen LogP contribution is -2.18. The summed E-state index contributed by atoms with van der Waals surface area (Å²) in [5.41, 5.74) is 0. The Morgan fingerprint density at radius 3 is 3.00 bits per heavy atom. The number of aromatic nitrogens is 2. The molecule has 0 spiro atoms. The van der Waals surface area contributed by atoms with Crippen molar-refractivity contribution in [1.29, 1.82) is 0 Å². The quantitative estimate of drug-likeness (QED) is 0.664. The first-order valence-electron chi connectivity index (χ1n) is 3.95. The molecule has 0 amide bonds. The van der Waals surface area contributed by atoms with E-state index >= 15 is 0 Å². The Morgan fingerprint density at radius 2 is 2.55 bits per heavy atom. The van der Waals surface area contributed by atoms with E-state index in [4.69, 9.17) is 11.6 Å². The van der Waals surface area contributed by atoms with E-state index in [1.807, 2.05) is 10.9 Å². The van der Waals surface area contributed by atoms with Gasteiger partial charge in [-0.05, 0) is 18.8 Å². The monoisotopic (exact) mass is 169 g/mol. The molecule has 1 heterocycles. The van der Waals surface area contributed by atoms with Crippen LogP contribution in [-0.2, 0) is 6.54 Å². The summed E-state index contributed by atoms with van der Waals surface area (Å²) in [7, 11) is 0. The summed E-state index contributed by atoms with van der Waals surface area (Å²) in [6.07, 6.45) is 8.60. The molecule has 0 atom stereocenters. The lowest BCUT2D eigenvalue weighted by molar-refractivity contribution is 0.266. The van der Waals surface area contributed by atoms with Gasteiger partial charge in [0.05, 0.1) is 5.02 Å². The highest BCUT2D eigenvalue weighted by atomic mass is 35.5. The minimum Gasteiger partial charge on any atom is -0.270 e. The Bertz CT molecular complexity index is 240. The molecule has 1 aromatic rings. The highest BCUT2D eigenvalue weighted by Gasteiger charge is 2.17. The van der Waals surface area contributed by atoms with Gasteiger partial charge in [0.15, 0.2) is 0 Å². The predicted molar refractivity (Wildman–Crippen MR) is 43.4 cm³/mol. The van der Waals surface area contributed by atoms with Crippen LogP contribution in [0.3, 0.4) is 0 Å². The van der Waals surface area contributed by atoms with E-state index in [0.717, 1.165) is 12.5 Å². The standard InChI is InChI=1S/C8H10ClN2/c9-8-4-10-11(6-8)5-7-2-1-3-7/h6-7H,1-3,5H2. The smallest absolute Gasteiger partial charge is 0.133 e. The second-order valence-electron chi connectivity index (χ2n) is 3.11. The number of halogens is 1. The fraction of sp³-hybridized carbons (Fsp3) is 0.625. The van der Waals surface area contributed by atoms with E-state index < -0.39 is 0 Å². The lowest BCUT2D eigenvalue weighted by Gasteiger charge is -2.24. The van der Waals surface area contributed by atoms with Gasteiger partial charge in [-0.15, -0.1) is 0 Å². The molecule has 0 aromatic carbocycles. The van der Waals surface area contributed by atoms with Crippen molar-refractivity contribution >= 4 is 11.6 Å². The van der Waals surface area contributed by atoms with Crippen molar-refractivity contribution in [2.75, 3.05) is 0 Å². The molecule has 11 heavy (non-hydrogen) atoms. The van der Waals surface area contributed by atoms with Crippen molar-refractivity contribution in [2.45, 2.75) is 25.8 Å². The van der Waals surface area contributed by atoms with Gasteiger partial charge in [0.2, 0.25) is 0 Å². The number of rotatable bonds is 2. The van der Waals surface area contributed by atoms with Gasteiger partial charge in [-0.3, -0.25) is 4.68 Å². The molecule has 1 fully saturated rings. The minimum atomic E-state index is 0.615. The Labute approximate surface area is 71.2 Å². The van der Waals surface area contributed by atoms with Crippen LogP contribution in [0.25, 0.3) is 0 Å². The molecule has 3 heteroatoms. The summed E-state index contributed by atoms with van der Waals surface area (Å²) in [5.74, 6) is 0.833. The minimum absolute atomic E-state index is 0.615. The van der Waals surface area contributed by atoms with E-state index in [2.05, 4.69) is 11.3 Å². The zero-order chi connectivity index (χ0) is 7.68. The summed E-state index contributed by atoms with van der Waals surface area (Å²) >= 11 is 5.67. The van der Waals surface area contributed by atoms with Gasteiger partial charge in [0, 0.05) is 12.7 Å². The van der Waals surface area contributed by atoms with Gasteiger partial charge in [0.25, 0.3) is 0 Å². The zero-order valence-corrected chi connectivity index (χ0v) is 7.01. The Morgan fingerprint density at radius 1 is 1.73 bits per heavy atom. The van der Waals surface area contributed by atoms with Crippen LogP contribution in [0, 0.1) is 12.1 Å². The molecule has 1 radical (unpaired) electrons. The van der Waals surface area contributed by atoms with Gasteiger partial charge in [-0.25, -0.2) is 0 Å². The molecule has 1 aliphatic rings. The Hall–Kier alpha value is -0.500. The number of hydrogen-bond donors (Lipinski definition) is 0. The number of hydrogen-bond acceptors (Lipinski definition) is 1. The average Bonchev–Trinajstić information content (AvgIpc) is 2.27. The fourth-order valence-corrected chi connectivity index (χ4v) is 1.48. The van der Waals surface area contributed by atoms with E-state index in [1.54, 1.807) is 0 Å². The first-order valence-corrected chi connectivity index (χ1v) is 4.33. The molecule has 0 aliphatic heterocycles. The molecule has 0 bridgehead atoms. The molecule has 2 rings (SSSR count). The third-order valence-electron chi connectivity index (χ3n) is 2.22. The third kappa shape index (κ3) is 1.56. The van der Waals surface area contributed by atoms with Crippen molar-refractivity contribution in [1.82, 2.24) is 9.78 Å². The normalized spacial score (nSPS) is 18.3. The predicted octanol–water partition coefficient (Wildman–Crippen LogP) is 2.14. The van der Waals surface area contributed by atoms with Crippen molar-refractivity contribution in [3.8, 4) is 0 Å². The highest BCUT2D eigenvalue weighted by molar-refractivity contribution is 6.30. The van der Waals surface area contributed by atoms with Crippen LogP contribution in [-0.4, -0.2) is 9.78 Å². The van der Waals surface area contributed by atoms with E-state index in [-0.39, 0.29) is 0 Å². The van der Waals surface area contributed by atoms with Crippen LogP contribution in [0.5, 0.6) is 0 Å². The van der Waals surface area contributed by atoms with E-state index in [1.165, 1.54) is 19.3 Å². The summed E-state index contributed by atoms with van der Waals surface area (Å²) < 4.78 is 1.88. The fourth-order valence-electron chi connectivity index (χ4n) is 1.33. The average molecular weight is 170 g/mol. The van der Waals surface area contributed by atoms with Crippen LogP contribution in [0.15, 0.2) is 6.20 Å². The maximum Gasteiger partial charge on any atom is 0.133 e. The van der Waals surface area contributed by atoms with Crippen molar-refractivity contribution in [2.24, 2.45) is 5.92 Å². The molecule has 0 N–H and O–H groups in total. The van der Waals surface area contributed by atoms with E-state index in [9.17, 15) is 0 Å². The molecular formula is C8H10ClN2. The van der Waals surface area contributed by atoms with Crippen LogP contribution < -0.4 is 0 Å². The third-order valence-corrected chi connectivity index (χ3v) is 2.40. The summed E-state index contributed by atoms with van der Waals surface area (Å²) in [4.78, 5) is 0. The summed E-state index contributed by atoms with van der Waals surface area (Å²) in [5, 5.41) is 4.61. The van der Waals surface area contributed by atoms with Gasteiger partial charge < -0.3 is 0 Å². The SMILES string of the molecule is Clc1[c]nn(CC2CCC2)c1. The van der Waals surface area contributed by atoms with Gasteiger partial charge >= 0.3 is 0 Å². The highest BCUT2D eigenvalue weighted by Crippen LogP contribution is 2.27. The van der Waals surface area contributed by atoms with Gasteiger partial charge in [0.1, 0.15) is 6.20 Å². The molecule has 0 unspecified atom stereocenters. The Kier molecular flexibility index (Phi) is 1.86. The van der Waals surface area contributed by atoms with Crippen LogP contribution >= 0.6 is 11.6 Å². The molecular weight excluding hydrogens is 160 g/mol. The molecule has 59 valence electrons. The molecule has 2 nitrogen and oxygen atoms in total. The molecule has 1 aromatic heterocycles. The van der Waals surface area contributed by atoms with Crippen molar-refractivity contribution in [3.63, 3.8) is 0 Å². The molecule has 0 saturated heterocycles. The Balaban J connectivity index is 1.95. The van der Waals surface area contributed by atoms with Crippen LogP contribution in [0.1, 0.15) is 19.3 Å². The van der Waals surface area contributed by atoms with Gasteiger partial charge in [-0.2, -0.15) is 5.10 Å². The second kappa shape index (κ2) is 2.86. The van der Waals surface area contributed by atoms with E-state index in [0.29, 0.717) is 5.02 Å². The zero-order valence-electron chi connectivity index (χ0n) is 6.26. The summed E-state index contributed by atoms with van der Waals surface area (Å²) in [6, 6.07) is 0. The maximum absolute atomic E-state index is 5.67. The maximum atomic E-state index is 5.67. The first-order chi connectivity index (χ1) is 5.34.